The molecule has 0 saturated carbocycles. The zero-order chi connectivity index (χ0) is 24.1. The number of nitrogens with zero attached hydrogens (tertiary/aromatic N) is 7. The number of carbonyl (C=O) groups excluding carboxylic acids is 1. The molecule has 1 amide bonds. The first kappa shape index (κ1) is 21.1. The van der Waals surface area contributed by atoms with Crippen LogP contribution in [0.1, 0.15) is 30.1 Å². The van der Waals surface area contributed by atoms with Gasteiger partial charge in [-0.1, -0.05) is 0 Å². The maximum atomic E-state index is 11.6. The van der Waals surface area contributed by atoms with E-state index in [9.17, 15) is 4.79 Å². The van der Waals surface area contributed by atoms with E-state index < -0.39 is 0 Å². The van der Waals surface area contributed by atoms with Gasteiger partial charge < -0.3 is 19.9 Å². The maximum absolute atomic E-state index is 11.6. The van der Waals surface area contributed by atoms with Crippen LogP contribution in [0.5, 0.6) is 11.5 Å². The zero-order valence-electron chi connectivity index (χ0n) is 19.4. The lowest BCUT2D eigenvalue weighted by Crippen LogP contribution is -2.22. The Bertz CT molecular complexity index is 1590. The van der Waals surface area contributed by atoms with Gasteiger partial charge in [0.05, 0.1) is 40.2 Å². The number of rotatable bonds is 5. The first-order chi connectivity index (χ1) is 17.0. The number of carbonyl (C=O) groups is 1. The molecule has 10 nitrogen and oxygen atoms in total. The van der Waals surface area contributed by atoms with E-state index in [4.69, 9.17) is 15.6 Å². The van der Waals surface area contributed by atoms with Crippen LogP contribution < -0.4 is 10.5 Å². The maximum Gasteiger partial charge on any atom is 0.210 e. The minimum atomic E-state index is -0.144. The van der Waals surface area contributed by atoms with Crippen molar-refractivity contribution in [3.63, 3.8) is 0 Å². The largest absolute Gasteiger partial charge is 0.457 e. The molecule has 10 heteroatoms. The topological polar surface area (TPSA) is 117 Å². The molecule has 2 aromatic carbocycles. The van der Waals surface area contributed by atoms with Gasteiger partial charge in [0.15, 0.2) is 5.65 Å². The summed E-state index contributed by atoms with van der Waals surface area (Å²) in [7, 11) is 1.96. The highest BCUT2D eigenvalue weighted by Crippen LogP contribution is 2.37. The average molecular weight is 469 g/mol. The molecule has 1 aliphatic rings. The molecular formula is C25H24N8O2. The van der Waals surface area contributed by atoms with E-state index in [2.05, 4.69) is 15.0 Å². The van der Waals surface area contributed by atoms with Crippen LogP contribution in [-0.4, -0.2) is 47.2 Å². The van der Waals surface area contributed by atoms with E-state index >= 15 is 0 Å². The van der Waals surface area contributed by atoms with Gasteiger partial charge in [0.1, 0.15) is 23.6 Å². The van der Waals surface area contributed by atoms with Crippen LogP contribution >= 0.6 is 0 Å². The summed E-state index contributed by atoms with van der Waals surface area (Å²) < 4.78 is 9.90. The zero-order valence-corrected chi connectivity index (χ0v) is 19.4. The molecule has 176 valence electrons. The Balaban J connectivity index is 1.38. The van der Waals surface area contributed by atoms with Crippen molar-refractivity contribution in [3.8, 4) is 17.2 Å². The second-order valence-electron chi connectivity index (χ2n) is 8.81. The number of amides is 1. The van der Waals surface area contributed by atoms with Crippen molar-refractivity contribution in [2.45, 2.75) is 25.8 Å². The summed E-state index contributed by atoms with van der Waals surface area (Å²) in [5, 5.41) is 5.56. The van der Waals surface area contributed by atoms with Crippen LogP contribution in [0.3, 0.4) is 0 Å². The van der Waals surface area contributed by atoms with E-state index in [0.29, 0.717) is 23.4 Å². The Morgan fingerprint density at radius 1 is 1.14 bits per heavy atom. The number of aromatic nitrogens is 6. The minimum absolute atomic E-state index is 0.144. The summed E-state index contributed by atoms with van der Waals surface area (Å²) in [5.41, 5.74) is 11.3. The molecule has 1 atom stereocenters. The van der Waals surface area contributed by atoms with Crippen molar-refractivity contribution >= 4 is 34.3 Å². The highest BCUT2D eigenvalue weighted by atomic mass is 16.5. The Labute approximate surface area is 201 Å². The number of hydrogen-bond acceptors (Lipinski definition) is 7. The summed E-state index contributed by atoms with van der Waals surface area (Å²) >= 11 is 0. The van der Waals surface area contributed by atoms with E-state index in [0.717, 1.165) is 58.7 Å². The predicted molar refractivity (Wildman–Crippen MR) is 131 cm³/mol. The number of benzene rings is 2. The monoisotopic (exact) mass is 468 g/mol. The smallest absolute Gasteiger partial charge is 0.210 e. The third kappa shape index (κ3) is 3.45. The molecular weight excluding hydrogens is 444 g/mol. The lowest BCUT2D eigenvalue weighted by molar-refractivity contribution is -0.119. The van der Waals surface area contributed by atoms with Gasteiger partial charge in [0.25, 0.3) is 0 Å². The molecule has 1 fully saturated rings. The summed E-state index contributed by atoms with van der Waals surface area (Å²) in [5.74, 6) is 1.81. The van der Waals surface area contributed by atoms with Crippen molar-refractivity contribution < 1.29 is 9.53 Å². The van der Waals surface area contributed by atoms with Gasteiger partial charge in [-0.2, -0.15) is 5.10 Å². The lowest BCUT2D eigenvalue weighted by atomic mass is 10.1. The predicted octanol–water partition coefficient (Wildman–Crippen LogP) is 3.68. The van der Waals surface area contributed by atoms with Crippen LogP contribution in [-0.2, 0) is 11.8 Å². The van der Waals surface area contributed by atoms with E-state index in [1.807, 2.05) is 54.9 Å². The molecule has 2 N–H and O–H groups in total. The Hall–Kier alpha value is -4.47. The second kappa shape index (κ2) is 8.08. The molecule has 1 aliphatic heterocycles. The van der Waals surface area contributed by atoms with Gasteiger partial charge in [-0.3, -0.25) is 4.79 Å². The average Bonchev–Trinajstić information content (AvgIpc) is 3.57. The number of nitrogens with two attached hydrogens (primary N) is 1. The SMILES string of the molecule is Cc1cc(-n2nc([C@@H]3CCCN3C=O)c3c(N)ncnc32)ccc1Oc1ccc2c(c1)ncn2C. The number of aryl methyl sites for hydroxylation is 2. The summed E-state index contributed by atoms with van der Waals surface area (Å²) in [6.07, 6.45) is 5.84. The number of hydrogen-bond donors (Lipinski definition) is 1. The summed E-state index contributed by atoms with van der Waals surface area (Å²) in [6.45, 7) is 2.69. The Kier molecular flexibility index (Phi) is 4.87. The van der Waals surface area contributed by atoms with Crippen LogP contribution in [0.25, 0.3) is 27.8 Å². The first-order valence-corrected chi connectivity index (χ1v) is 11.4. The minimum Gasteiger partial charge on any atom is -0.457 e. The summed E-state index contributed by atoms with van der Waals surface area (Å²) in [6, 6.07) is 11.6. The normalized spacial score (nSPS) is 15.8. The fraction of sp³-hybridized carbons (Fsp3) is 0.240. The van der Waals surface area contributed by atoms with E-state index in [-0.39, 0.29) is 6.04 Å². The van der Waals surface area contributed by atoms with Gasteiger partial charge in [0, 0.05) is 19.7 Å². The Morgan fingerprint density at radius 3 is 2.86 bits per heavy atom. The molecule has 4 heterocycles. The van der Waals surface area contributed by atoms with Crippen molar-refractivity contribution in [2.24, 2.45) is 7.05 Å². The first-order valence-electron chi connectivity index (χ1n) is 11.4. The number of ether oxygens (including phenoxy) is 1. The third-order valence-corrected chi connectivity index (χ3v) is 6.59. The molecule has 0 radical (unpaired) electrons. The summed E-state index contributed by atoms with van der Waals surface area (Å²) in [4.78, 5) is 26.4. The second-order valence-corrected chi connectivity index (χ2v) is 8.81. The van der Waals surface area contributed by atoms with Crippen molar-refractivity contribution in [1.29, 1.82) is 0 Å². The third-order valence-electron chi connectivity index (χ3n) is 6.59. The van der Waals surface area contributed by atoms with Gasteiger partial charge in [0.2, 0.25) is 6.41 Å². The van der Waals surface area contributed by atoms with Gasteiger partial charge in [-0.25, -0.2) is 19.6 Å². The molecule has 0 spiro atoms. The Morgan fingerprint density at radius 2 is 2.03 bits per heavy atom. The molecule has 0 bridgehead atoms. The number of fused-ring (bicyclic) bond motifs is 2. The molecule has 0 unspecified atom stereocenters. The molecule has 5 aromatic rings. The van der Waals surface area contributed by atoms with Crippen molar-refractivity contribution in [3.05, 3.63) is 60.3 Å². The van der Waals surface area contributed by atoms with E-state index in [1.54, 1.807) is 15.9 Å². The number of anilines is 1. The number of likely N-dealkylation sites (tertiary alicyclic amines) is 1. The number of imidazole rings is 1. The molecule has 1 saturated heterocycles. The van der Waals surface area contributed by atoms with E-state index in [1.165, 1.54) is 6.33 Å². The van der Waals surface area contributed by atoms with Gasteiger partial charge in [-0.05, 0) is 55.7 Å². The van der Waals surface area contributed by atoms with Gasteiger partial charge >= 0.3 is 0 Å². The lowest BCUT2D eigenvalue weighted by Gasteiger charge is -2.18. The van der Waals surface area contributed by atoms with Crippen LogP contribution in [0.4, 0.5) is 5.82 Å². The quantitative estimate of drug-likeness (QED) is 0.391. The van der Waals surface area contributed by atoms with Crippen LogP contribution in [0, 0.1) is 6.92 Å². The number of nitrogen functional groups attached to an aromatic ring is 1. The highest BCUT2D eigenvalue weighted by Gasteiger charge is 2.31. The molecule has 3 aromatic heterocycles. The van der Waals surface area contributed by atoms with Crippen LogP contribution in [0.15, 0.2) is 49.1 Å². The highest BCUT2D eigenvalue weighted by molar-refractivity contribution is 5.89. The fourth-order valence-electron chi connectivity index (χ4n) is 4.81. The van der Waals surface area contributed by atoms with Crippen molar-refractivity contribution in [2.75, 3.05) is 12.3 Å². The van der Waals surface area contributed by atoms with Crippen molar-refractivity contribution in [1.82, 2.24) is 34.2 Å². The van der Waals surface area contributed by atoms with Gasteiger partial charge in [-0.15, -0.1) is 0 Å². The fourth-order valence-corrected chi connectivity index (χ4v) is 4.81. The molecule has 6 rings (SSSR count). The molecule has 0 aliphatic carbocycles. The standard InChI is InChI=1S/C25H24N8O2/c1-15-10-16(5-8-21(15)35-17-6-7-19-18(11-17)29-13-31(19)2)33-25-22(24(26)27-12-28-25)23(30-33)20-4-3-9-32(20)14-34/h5-8,10-14,20H,3-4,9H2,1-2H3,(H2,26,27,28)/t20-/m0/s1. The van der Waals surface area contributed by atoms with Crippen LogP contribution in [0.2, 0.25) is 0 Å². The molecule has 35 heavy (non-hydrogen) atoms.